The molecule has 0 aromatic carbocycles. The molecule has 2 N–H and O–H groups in total. The van der Waals surface area contributed by atoms with E-state index in [1.54, 1.807) is 25.6 Å². The Labute approximate surface area is 184 Å². The van der Waals surface area contributed by atoms with Crippen LogP contribution in [0.2, 0.25) is 0 Å². The van der Waals surface area contributed by atoms with Crippen LogP contribution in [0.5, 0.6) is 0 Å². The Kier molecular flexibility index (Phi) is 7.21. The lowest BCUT2D eigenvalue weighted by Crippen LogP contribution is -2.56. The highest BCUT2D eigenvalue weighted by molar-refractivity contribution is 9.09. The third kappa shape index (κ3) is 3.71. The molecule has 0 radical (unpaired) electrons. The number of hydrogen-bond acceptors (Lipinski definition) is 6. The van der Waals surface area contributed by atoms with Crippen molar-refractivity contribution in [2.45, 2.75) is 73.4 Å². The number of likely N-dealkylation sites (tertiary alicyclic amines) is 1. The number of thioether (sulfide) groups is 1. The molecule has 3 aliphatic rings. The first kappa shape index (κ1) is 22.9. The molecule has 2 amide bonds. The van der Waals surface area contributed by atoms with Gasteiger partial charge in [0, 0.05) is 16.6 Å². The summed E-state index contributed by atoms with van der Waals surface area (Å²) in [6.45, 7) is 6.19. The first-order valence-corrected chi connectivity index (χ1v) is 12.3. The molecule has 7 atom stereocenters. The number of alkyl halides is 1. The lowest BCUT2D eigenvalue weighted by atomic mass is 9.71. The third-order valence-electron chi connectivity index (χ3n) is 6.35. The smallest absolute Gasteiger partial charge is 0.310 e. The average molecular weight is 491 g/mol. The number of ether oxygens (including phenoxy) is 1. The van der Waals surface area contributed by atoms with E-state index in [1.807, 2.05) is 0 Å². The fourth-order valence-corrected chi connectivity index (χ4v) is 8.71. The van der Waals surface area contributed by atoms with E-state index in [0.29, 0.717) is 13.0 Å². The standard InChI is InChI=1S/C20H31BrN2O5S/c1-4-6-7-8-22-17(25)16-20-9-12(21)15(29-20)13(19(27)28-5-2)14(20)18(26)23(16)11(3)10-24/h11-16,24H,4-10H2,1-3H3,(H,22,25)/t11-,12?,13+,14+,15+,16?,20?/m1/s1. The van der Waals surface area contributed by atoms with Gasteiger partial charge in [0.05, 0.1) is 35.8 Å². The van der Waals surface area contributed by atoms with E-state index < -0.39 is 28.7 Å². The van der Waals surface area contributed by atoms with E-state index in [2.05, 4.69) is 28.2 Å². The van der Waals surface area contributed by atoms with Crippen LogP contribution >= 0.6 is 27.7 Å². The van der Waals surface area contributed by atoms with Crippen molar-refractivity contribution >= 4 is 45.5 Å². The monoisotopic (exact) mass is 490 g/mol. The van der Waals surface area contributed by atoms with Crippen LogP contribution in [0.1, 0.15) is 46.5 Å². The number of esters is 1. The van der Waals surface area contributed by atoms with Crippen LogP contribution in [-0.2, 0) is 19.1 Å². The lowest BCUT2D eigenvalue weighted by Gasteiger charge is -2.36. The molecule has 3 saturated heterocycles. The van der Waals surface area contributed by atoms with E-state index in [9.17, 15) is 19.5 Å². The second-order valence-electron chi connectivity index (χ2n) is 8.19. The van der Waals surface area contributed by atoms with E-state index in [-0.39, 0.29) is 41.1 Å². The minimum Gasteiger partial charge on any atom is -0.466 e. The molecule has 0 aliphatic carbocycles. The molecular weight excluding hydrogens is 460 g/mol. The highest BCUT2D eigenvalue weighted by Crippen LogP contribution is 2.68. The summed E-state index contributed by atoms with van der Waals surface area (Å²) in [6.07, 6.45) is 3.61. The molecule has 3 unspecified atom stereocenters. The Morgan fingerprint density at radius 3 is 2.76 bits per heavy atom. The SMILES string of the molecule is CCCCCNC(=O)C1N([C@H](C)CO)C(=O)[C@@H]2[C@H](C(=O)OCC)[C@H]3SC12CC3Br. The molecule has 7 nitrogen and oxygen atoms in total. The van der Waals surface area contributed by atoms with Crippen LogP contribution in [0.3, 0.4) is 0 Å². The molecule has 3 fully saturated rings. The summed E-state index contributed by atoms with van der Waals surface area (Å²) >= 11 is 5.27. The number of halogens is 1. The van der Waals surface area contributed by atoms with Crippen molar-refractivity contribution in [3.8, 4) is 0 Å². The zero-order chi connectivity index (χ0) is 21.3. The number of rotatable bonds is 9. The second kappa shape index (κ2) is 9.14. The molecule has 3 rings (SSSR count). The van der Waals surface area contributed by atoms with Gasteiger partial charge < -0.3 is 20.1 Å². The summed E-state index contributed by atoms with van der Waals surface area (Å²) in [5.74, 6) is -1.93. The van der Waals surface area contributed by atoms with Gasteiger partial charge in [-0.25, -0.2) is 0 Å². The molecule has 0 saturated carbocycles. The van der Waals surface area contributed by atoms with Crippen molar-refractivity contribution in [1.82, 2.24) is 10.2 Å². The van der Waals surface area contributed by atoms with Crippen LogP contribution < -0.4 is 5.32 Å². The maximum atomic E-state index is 13.5. The van der Waals surface area contributed by atoms with Gasteiger partial charge in [0.2, 0.25) is 11.8 Å². The Balaban J connectivity index is 1.94. The van der Waals surface area contributed by atoms with Gasteiger partial charge in [0.25, 0.3) is 0 Å². The summed E-state index contributed by atoms with van der Waals surface area (Å²) in [7, 11) is 0. The number of aliphatic hydroxyl groups excluding tert-OH is 1. The molecule has 164 valence electrons. The van der Waals surface area contributed by atoms with Crippen molar-refractivity contribution in [3.63, 3.8) is 0 Å². The predicted octanol–water partition coefficient (Wildman–Crippen LogP) is 1.70. The van der Waals surface area contributed by atoms with Gasteiger partial charge in [0.1, 0.15) is 6.04 Å². The topological polar surface area (TPSA) is 95.9 Å². The highest BCUT2D eigenvalue weighted by atomic mass is 79.9. The minimum atomic E-state index is -0.696. The second-order valence-corrected chi connectivity index (χ2v) is 10.9. The molecule has 3 aliphatic heterocycles. The van der Waals surface area contributed by atoms with Gasteiger partial charge in [-0.3, -0.25) is 14.4 Å². The summed E-state index contributed by atoms with van der Waals surface area (Å²) in [5, 5.41) is 12.7. The van der Waals surface area contributed by atoms with E-state index in [4.69, 9.17) is 4.74 Å². The maximum Gasteiger partial charge on any atom is 0.310 e. The first-order valence-electron chi connectivity index (χ1n) is 10.5. The van der Waals surface area contributed by atoms with Crippen molar-refractivity contribution in [2.75, 3.05) is 19.8 Å². The van der Waals surface area contributed by atoms with Gasteiger partial charge in [-0.05, 0) is 26.7 Å². The number of carbonyl (C=O) groups excluding carboxylic acids is 3. The quantitative estimate of drug-likeness (QED) is 0.290. The Bertz CT molecular complexity index is 665. The number of unbranched alkanes of at least 4 members (excludes halogenated alkanes) is 2. The number of aliphatic hydroxyl groups is 1. The molecular formula is C20H31BrN2O5S. The Morgan fingerprint density at radius 1 is 1.41 bits per heavy atom. The number of fused-ring (bicyclic) bond motifs is 1. The zero-order valence-corrected chi connectivity index (χ0v) is 19.6. The van der Waals surface area contributed by atoms with E-state index in [0.717, 1.165) is 19.3 Å². The van der Waals surface area contributed by atoms with Gasteiger partial charge in [0.15, 0.2) is 0 Å². The Hall–Kier alpha value is -0.800. The van der Waals surface area contributed by atoms with Crippen molar-refractivity contribution in [3.05, 3.63) is 0 Å². The van der Waals surface area contributed by atoms with Crippen LogP contribution in [0.25, 0.3) is 0 Å². The molecule has 0 aromatic heterocycles. The normalized spacial score (nSPS) is 36.2. The molecule has 0 aromatic rings. The summed E-state index contributed by atoms with van der Waals surface area (Å²) < 4.78 is 4.62. The van der Waals surface area contributed by atoms with Crippen LogP contribution in [0.4, 0.5) is 0 Å². The van der Waals surface area contributed by atoms with Crippen molar-refractivity contribution < 1.29 is 24.2 Å². The van der Waals surface area contributed by atoms with E-state index >= 15 is 0 Å². The third-order valence-corrected chi connectivity index (χ3v) is 9.57. The van der Waals surface area contributed by atoms with Gasteiger partial charge in [-0.2, -0.15) is 0 Å². The van der Waals surface area contributed by atoms with Crippen LogP contribution in [0.15, 0.2) is 0 Å². The highest BCUT2D eigenvalue weighted by Gasteiger charge is 2.76. The molecule has 29 heavy (non-hydrogen) atoms. The number of carbonyl (C=O) groups is 3. The van der Waals surface area contributed by atoms with E-state index in [1.165, 1.54) is 4.90 Å². The first-order chi connectivity index (χ1) is 13.8. The van der Waals surface area contributed by atoms with Crippen molar-refractivity contribution in [1.29, 1.82) is 0 Å². The van der Waals surface area contributed by atoms with Crippen LogP contribution in [0, 0.1) is 11.8 Å². The van der Waals surface area contributed by atoms with Crippen molar-refractivity contribution in [2.24, 2.45) is 11.8 Å². The Morgan fingerprint density at radius 2 is 2.14 bits per heavy atom. The summed E-state index contributed by atoms with van der Waals surface area (Å²) in [5.41, 5.74) is 0. The number of nitrogens with zero attached hydrogens (tertiary/aromatic N) is 1. The minimum absolute atomic E-state index is 0.0331. The van der Waals surface area contributed by atoms with Crippen LogP contribution in [-0.4, -0.2) is 74.5 Å². The predicted molar refractivity (Wildman–Crippen MR) is 115 cm³/mol. The summed E-state index contributed by atoms with van der Waals surface area (Å²) in [4.78, 5) is 41.1. The molecule has 9 heteroatoms. The largest absolute Gasteiger partial charge is 0.466 e. The number of nitrogens with one attached hydrogen (secondary N) is 1. The number of amides is 2. The molecule has 2 bridgehead atoms. The lowest BCUT2D eigenvalue weighted by molar-refractivity contribution is -0.154. The molecule has 3 heterocycles. The fourth-order valence-electron chi connectivity index (χ4n) is 5.12. The average Bonchev–Trinajstić information content (AvgIpc) is 3.28. The fraction of sp³-hybridized carbons (Fsp3) is 0.850. The maximum absolute atomic E-state index is 13.5. The number of hydrogen-bond donors (Lipinski definition) is 2. The van der Waals surface area contributed by atoms with Gasteiger partial charge in [-0.1, -0.05) is 35.7 Å². The molecule has 1 spiro atoms. The van der Waals surface area contributed by atoms with Gasteiger partial charge in [-0.15, -0.1) is 11.8 Å². The van der Waals surface area contributed by atoms with Gasteiger partial charge >= 0.3 is 5.97 Å². The summed E-state index contributed by atoms with van der Waals surface area (Å²) in [6, 6.07) is -1.19. The zero-order valence-electron chi connectivity index (χ0n) is 17.2.